The zero-order valence-electron chi connectivity index (χ0n) is 8.16. The Bertz CT molecular complexity index is 264. The number of rotatable bonds is 7. The fourth-order valence-corrected chi connectivity index (χ4v) is 1.26. The van der Waals surface area contributed by atoms with E-state index in [2.05, 4.69) is 20.4 Å². The predicted molar refractivity (Wildman–Crippen MR) is 49.7 cm³/mol. The molecule has 88 valence electrons. The van der Waals surface area contributed by atoms with Crippen LogP contribution in [0.1, 0.15) is 6.92 Å². The van der Waals surface area contributed by atoms with Gasteiger partial charge < -0.3 is 14.4 Å². The summed E-state index contributed by atoms with van der Waals surface area (Å²) in [5.74, 6) is -0.630. The smallest absolute Gasteiger partial charge is 0.458 e. The van der Waals surface area contributed by atoms with Crippen LogP contribution in [0.5, 0.6) is 0 Å². The van der Waals surface area contributed by atoms with Gasteiger partial charge in [-0.2, -0.15) is 0 Å². The zero-order valence-corrected chi connectivity index (χ0v) is 9.05. The molecule has 15 heavy (non-hydrogen) atoms. The van der Waals surface area contributed by atoms with Gasteiger partial charge in [0.25, 0.3) is 0 Å². The fourth-order valence-electron chi connectivity index (χ4n) is 0.661. The van der Waals surface area contributed by atoms with E-state index in [4.69, 9.17) is 10.00 Å². The third-order valence-corrected chi connectivity index (χ3v) is 2.06. The molecule has 0 radical (unpaired) electrons. The summed E-state index contributed by atoms with van der Waals surface area (Å²) in [6, 6.07) is 0. The van der Waals surface area contributed by atoms with Gasteiger partial charge in [0.2, 0.25) is 0 Å². The zero-order chi connectivity index (χ0) is 11.9. The number of carbonyl (C=O) groups excluding carboxylic acids is 1. The monoisotopic (exact) mass is 240 g/mol. The molecule has 0 fully saturated rings. The second-order valence-corrected chi connectivity index (χ2v) is 3.86. The van der Waals surface area contributed by atoms with Crippen molar-refractivity contribution < 1.29 is 33.1 Å². The van der Waals surface area contributed by atoms with Crippen molar-refractivity contribution in [2.24, 2.45) is 0 Å². The van der Waals surface area contributed by atoms with E-state index < -0.39 is 33.1 Å². The van der Waals surface area contributed by atoms with Crippen LogP contribution < -0.4 is 0 Å². The fraction of sp³-hybridized carbons (Fsp3) is 0.571. The largest absolute Gasteiger partial charge is 0.526 e. The highest BCUT2D eigenvalue weighted by molar-refractivity contribution is 7.47. The van der Waals surface area contributed by atoms with Crippen LogP contribution in [0.15, 0.2) is 12.8 Å². The molecular formula is C7H13O7P. The van der Waals surface area contributed by atoms with Crippen molar-refractivity contribution in [2.45, 2.75) is 13.0 Å². The van der Waals surface area contributed by atoms with Crippen molar-refractivity contribution in [3.8, 4) is 0 Å². The van der Waals surface area contributed by atoms with Gasteiger partial charge in [-0.3, -0.25) is 14.2 Å². The minimum absolute atomic E-state index is 0.447. The summed E-state index contributed by atoms with van der Waals surface area (Å²) >= 11 is 0. The van der Waals surface area contributed by atoms with E-state index in [9.17, 15) is 9.36 Å². The third-order valence-electron chi connectivity index (χ3n) is 1.17. The number of carbonyl (C=O) groups is 1. The Morgan fingerprint density at radius 2 is 2.27 bits per heavy atom. The molecule has 2 atom stereocenters. The first-order chi connectivity index (χ1) is 6.91. The number of esters is 1. The van der Waals surface area contributed by atoms with Crippen LogP contribution in [0.3, 0.4) is 0 Å². The first-order valence-electron chi connectivity index (χ1n) is 3.96. The van der Waals surface area contributed by atoms with Gasteiger partial charge in [0.1, 0.15) is 6.10 Å². The van der Waals surface area contributed by atoms with E-state index in [1.54, 1.807) is 0 Å². The Balaban J connectivity index is 4.04. The van der Waals surface area contributed by atoms with E-state index in [0.29, 0.717) is 0 Å². The molecule has 2 N–H and O–H groups in total. The molecule has 2 unspecified atom stereocenters. The molecule has 0 aliphatic rings. The highest BCUT2D eigenvalue weighted by Gasteiger charge is 2.23. The lowest BCUT2D eigenvalue weighted by Gasteiger charge is -2.16. The van der Waals surface area contributed by atoms with Gasteiger partial charge in [-0.15, -0.1) is 0 Å². The number of ether oxygens (including phenoxy) is 1. The molecule has 0 rings (SSSR count). The van der Waals surface area contributed by atoms with Crippen LogP contribution in [-0.4, -0.2) is 35.3 Å². The molecule has 0 amide bonds. The molecule has 0 aliphatic carbocycles. The van der Waals surface area contributed by atoms with Crippen LogP contribution in [0, 0.1) is 0 Å². The van der Waals surface area contributed by atoms with E-state index >= 15 is 0 Å². The standard InChI is InChI=1S/C7H13O7P/c1-3-12-15(10,11)13-5-7(4-8)14-6(2)9/h3,7-8H,1,4-5H2,2H3,(H,10,11). The average Bonchev–Trinajstić information content (AvgIpc) is 2.11. The van der Waals surface area contributed by atoms with Crippen molar-refractivity contribution in [3.63, 3.8) is 0 Å². The van der Waals surface area contributed by atoms with Crippen LogP contribution in [0.2, 0.25) is 0 Å². The quantitative estimate of drug-likeness (QED) is 0.372. The molecule has 0 saturated heterocycles. The van der Waals surface area contributed by atoms with Crippen molar-refractivity contribution in [1.82, 2.24) is 0 Å². The Kier molecular flexibility index (Phi) is 6.19. The maximum atomic E-state index is 10.9. The van der Waals surface area contributed by atoms with Crippen molar-refractivity contribution in [2.75, 3.05) is 13.2 Å². The molecule has 8 heteroatoms. The minimum atomic E-state index is -4.22. The number of hydrogen-bond donors (Lipinski definition) is 2. The highest BCUT2D eigenvalue weighted by atomic mass is 31.2. The third kappa shape index (κ3) is 7.10. The van der Waals surface area contributed by atoms with Crippen LogP contribution in [0.4, 0.5) is 0 Å². The lowest BCUT2D eigenvalue weighted by Crippen LogP contribution is -2.25. The van der Waals surface area contributed by atoms with Gasteiger partial charge in [-0.1, -0.05) is 6.58 Å². The SMILES string of the molecule is C=COP(=O)(O)OCC(CO)OC(C)=O. The van der Waals surface area contributed by atoms with Crippen molar-refractivity contribution >= 4 is 13.8 Å². The van der Waals surface area contributed by atoms with E-state index in [1.165, 1.54) is 0 Å². The summed E-state index contributed by atoms with van der Waals surface area (Å²) in [5, 5.41) is 8.71. The summed E-state index contributed by atoms with van der Waals surface area (Å²) in [5.41, 5.74) is 0. The lowest BCUT2D eigenvalue weighted by molar-refractivity contribution is -0.150. The average molecular weight is 240 g/mol. The molecule has 7 nitrogen and oxygen atoms in total. The summed E-state index contributed by atoms with van der Waals surface area (Å²) < 4.78 is 24.0. The van der Waals surface area contributed by atoms with Crippen molar-refractivity contribution in [3.05, 3.63) is 12.8 Å². The molecule has 0 aromatic heterocycles. The van der Waals surface area contributed by atoms with Crippen LogP contribution in [-0.2, 0) is 23.1 Å². The van der Waals surface area contributed by atoms with E-state index in [1.807, 2.05) is 0 Å². The Morgan fingerprint density at radius 1 is 1.67 bits per heavy atom. The Morgan fingerprint density at radius 3 is 2.67 bits per heavy atom. The summed E-state index contributed by atoms with van der Waals surface area (Å²) in [7, 11) is -4.22. The summed E-state index contributed by atoms with van der Waals surface area (Å²) in [4.78, 5) is 19.4. The number of phosphoric ester groups is 1. The normalized spacial score (nSPS) is 16.2. The molecule has 0 spiro atoms. The highest BCUT2D eigenvalue weighted by Crippen LogP contribution is 2.43. The first-order valence-corrected chi connectivity index (χ1v) is 5.45. The molecule has 0 aliphatic heterocycles. The Labute approximate surface area is 86.9 Å². The summed E-state index contributed by atoms with van der Waals surface area (Å²) in [6.07, 6.45) is -0.253. The first kappa shape index (κ1) is 14.1. The number of aliphatic hydroxyl groups is 1. The summed E-state index contributed by atoms with van der Waals surface area (Å²) in [6.45, 7) is 3.25. The molecule has 0 aromatic rings. The molecule has 0 saturated carbocycles. The second-order valence-electron chi connectivity index (χ2n) is 2.45. The van der Waals surface area contributed by atoms with E-state index in [0.717, 1.165) is 13.2 Å². The topological polar surface area (TPSA) is 102 Å². The Hall–Kier alpha value is -0.880. The number of phosphoric acid groups is 1. The molecule has 0 aromatic carbocycles. The number of aliphatic hydroxyl groups excluding tert-OH is 1. The molecule has 0 heterocycles. The second kappa shape index (κ2) is 6.58. The number of hydrogen-bond acceptors (Lipinski definition) is 6. The maximum Gasteiger partial charge on any atom is 0.526 e. The van der Waals surface area contributed by atoms with Gasteiger partial charge in [0.05, 0.1) is 19.5 Å². The van der Waals surface area contributed by atoms with Crippen molar-refractivity contribution in [1.29, 1.82) is 0 Å². The van der Waals surface area contributed by atoms with E-state index in [-0.39, 0.29) is 0 Å². The van der Waals surface area contributed by atoms with Gasteiger partial charge in [0, 0.05) is 6.92 Å². The van der Waals surface area contributed by atoms with Gasteiger partial charge in [-0.25, -0.2) is 4.57 Å². The van der Waals surface area contributed by atoms with Gasteiger partial charge in [0.15, 0.2) is 0 Å². The van der Waals surface area contributed by atoms with Crippen LogP contribution in [0.25, 0.3) is 0 Å². The van der Waals surface area contributed by atoms with Crippen LogP contribution >= 0.6 is 7.82 Å². The molecular weight excluding hydrogens is 227 g/mol. The predicted octanol–water partition coefficient (Wildman–Crippen LogP) is 0.187. The lowest BCUT2D eigenvalue weighted by atomic mass is 10.4. The van der Waals surface area contributed by atoms with Gasteiger partial charge in [-0.05, 0) is 0 Å². The molecule has 0 bridgehead atoms. The maximum absolute atomic E-state index is 10.9. The minimum Gasteiger partial charge on any atom is -0.458 e. The van der Waals surface area contributed by atoms with Gasteiger partial charge >= 0.3 is 13.8 Å².